The summed E-state index contributed by atoms with van der Waals surface area (Å²) >= 11 is 0. The molecule has 0 radical (unpaired) electrons. The SMILES string of the molecule is CCNS(=O)(=O)c1cccc(C(=O)NC(C)C)c1. The zero-order valence-corrected chi connectivity index (χ0v) is 11.5. The van der Waals surface area contributed by atoms with Gasteiger partial charge in [0.15, 0.2) is 0 Å². The molecule has 0 saturated carbocycles. The molecule has 0 atom stereocenters. The average Bonchev–Trinajstić information content (AvgIpc) is 2.28. The Morgan fingerprint density at radius 2 is 2.00 bits per heavy atom. The molecule has 18 heavy (non-hydrogen) atoms. The van der Waals surface area contributed by atoms with Crippen molar-refractivity contribution in [2.45, 2.75) is 31.7 Å². The van der Waals surface area contributed by atoms with Crippen LogP contribution in [0.4, 0.5) is 0 Å². The first-order valence-electron chi connectivity index (χ1n) is 5.77. The first kappa shape index (κ1) is 14.7. The molecule has 0 saturated heterocycles. The maximum atomic E-state index is 11.8. The summed E-state index contributed by atoms with van der Waals surface area (Å²) in [7, 11) is -3.52. The maximum Gasteiger partial charge on any atom is 0.251 e. The van der Waals surface area contributed by atoms with Gasteiger partial charge >= 0.3 is 0 Å². The van der Waals surface area contributed by atoms with Crippen molar-refractivity contribution in [1.82, 2.24) is 10.0 Å². The van der Waals surface area contributed by atoms with Crippen molar-refractivity contribution in [3.63, 3.8) is 0 Å². The van der Waals surface area contributed by atoms with E-state index in [1.54, 1.807) is 19.1 Å². The second-order valence-electron chi connectivity index (χ2n) is 4.16. The van der Waals surface area contributed by atoms with E-state index >= 15 is 0 Å². The van der Waals surface area contributed by atoms with Gasteiger partial charge in [0.25, 0.3) is 5.91 Å². The lowest BCUT2D eigenvalue weighted by molar-refractivity contribution is 0.0943. The van der Waals surface area contributed by atoms with Gasteiger partial charge in [0.1, 0.15) is 0 Å². The van der Waals surface area contributed by atoms with Gasteiger partial charge in [0, 0.05) is 18.2 Å². The third-order valence-corrected chi connectivity index (χ3v) is 3.70. The van der Waals surface area contributed by atoms with E-state index in [1.807, 2.05) is 13.8 Å². The highest BCUT2D eigenvalue weighted by Crippen LogP contribution is 2.11. The van der Waals surface area contributed by atoms with E-state index in [-0.39, 0.29) is 16.8 Å². The van der Waals surface area contributed by atoms with Crippen LogP contribution in [0.2, 0.25) is 0 Å². The number of benzene rings is 1. The highest BCUT2D eigenvalue weighted by atomic mass is 32.2. The third-order valence-electron chi connectivity index (χ3n) is 2.16. The average molecular weight is 270 g/mol. The van der Waals surface area contributed by atoms with Crippen LogP contribution in [0, 0.1) is 0 Å². The van der Waals surface area contributed by atoms with E-state index in [0.29, 0.717) is 12.1 Å². The van der Waals surface area contributed by atoms with Gasteiger partial charge in [0.2, 0.25) is 10.0 Å². The van der Waals surface area contributed by atoms with Crippen LogP contribution in [-0.2, 0) is 10.0 Å². The Hall–Kier alpha value is -1.40. The monoisotopic (exact) mass is 270 g/mol. The van der Waals surface area contributed by atoms with E-state index in [0.717, 1.165) is 0 Å². The Morgan fingerprint density at radius 3 is 2.56 bits per heavy atom. The highest BCUT2D eigenvalue weighted by molar-refractivity contribution is 7.89. The molecule has 6 heteroatoms. The lowest BCUT2D eigenvalue weighted by atomic mass is 10.2. The number of amides is 1. The van der Waals surface area contributed by atoms with Crippen LogP contribution < -0.4 is 10.0 Å². The number of carbonyl (C=O) groups is 1. The number of sulfonamides is 1. The zero-order valence-electron chi connectivity index (χ0n) is 10.7. The number of nitrogens with one attached hydrogen (secondary N) is 2. The molecule has 1 aromatic rings. The number of carbonyl (C=O) groups excluding carboxylic acids is 1. The summed E-state index contributed by atoms with van der Waals surface area (Å²) in [5.74, 6) is -0.279. The molecule has 0 aliphatic rings. The highest BCUT2D eigenvalue weighted by Gasteiger charge is 2.15. The van der Waals surface area contributed by atoms with Crippen molar-refractivity contribution in [2.75, 3.05) is 6.54 Å². The predicted molar refractivity (Wildman–Crippen MR) is 69.9 cm³/mol. The molecule has 0 aliphatic carbocycles. The zero-order chi connectivity index (χ0) is 13.8. The minimum Gasteiger partial charge on any atom is -0.350 e. The lowest BCUT2D eigenvalue weighted by Gasteiger charge is -2.10. The maximum absolute atomic E-state index is 11.8. The molecular weight excluding hydrogens is 252 g/mol. The van der Waals surface area contributed by atoms with Crippen LogP contribution in [0.3, 0.4) is 0 Å². The first-order chi connectivity index (χ1) is 8.36. The molecule has 1 rings (SSSR count). The lowest BCUT2D eigenvalue weighted by Crippen LogP contribution is -2.30. The first-order valence-corrected chi connectivity index (χ1v) is 7.25. The normalized spacial score (nSPS) is 11.6. The topological polar surface area (TPSA) is 75.3 Å². The standard InChI is InChI=1S/C12H18N2O3S/c1-4-13-18(16,17)11-7-5-6-10(8-11)12(15)14-9(2)3/h5-9,13H,4H2,1-3H3,(H,14,15). The van der Waals surface area contributed by atoms with Crippen molar-refractivity contribution in [1.29, 1.82) is 0 Å². The van der Waals surface area contributed by atoms with E-state index in [1.165, 1.54) is 12.1 Å². The quantitative estimate of drug-likeness (QED) is 0.842. The van der Waals surface area contributed by atoms with Gasteiger partial charge in [-0.3, -0.25) is 4.79 Å². The Morgan fingerprint density at radius 1 is 1.33 bits per heavy atom. The molecule has 0 heterocycles. The summed E-state index contributed by atoms with van der Waals surface area (Å²) in [5.41, 5.74) is 0.336. The summed E-state index contributed by atoms with van der Waals surface area (Å²) in [6.45, 7) is 5.70. The van der Waals surface area contributed by atoms with Crippen molar-refractivity contribution in [3.05, 3.63) is 29.8 Å². The largest absolute Gasteiger partial charge is 0.350 e. The van der Waals surface area contributed by atoms with Gasteiger partial charge in [0.05, 0.1) is 4.90 Å². The second-order valence-corrected chi connectivity index (χ2v) is 5.92. The second kappa shape index (κ2) is 5.97. The summed E-state index contributed by atoms with van der Waals surface area (Å²) in [5, 5.41) is 2.72. The molecule has 2 N–H and O–H groups in total. The summed E-state index contributed by atoms with van der Waals surface area (Å²) in [6, 6.07) is 5.98. The minimum absolute atomic E-state index is 0.00605. The van der Waals surface area contributed by atoms with E-state index in [2.05, 4.69) is 10.0 Å². The molecule has 0 aromatic heterocycles. The fourth-order valence-corrected chi connectivity index (χ4v) is 2.51. The Kier molecular flexibility index (Phi) is 4.86. The Bertz CT molecular complexity index is 524. The Labute approximate surface area is 108 Å². The van der Waals surface area contributed by atoms with Crippen LogP contribution >= 0.6 is 0 Å². The molecule has 5 nitrogen and oxygen atoms in total. The third kappa shape index (κ3) is 3.82. The fourth-order valence-electron chi connectivity index (χ4n) is 1.42. The number of rotatable bonds is 5. The van der Waals surface area contributed by atoms with Gasteiger partial charge in [-0.05, 0) is 32.0 Å². The van der Waals surface area contributed by atoms with Gasteiger partial charge in [-0.1, -0.05) is 13.0 Å². The van der Waals surface area contributed by atoms with Gasteiger partial charge in [-0.2, -0.15) is 0 Å². The summed E-state index contributed by atoms with van der Waals surface area (Å²) in [6.07, 6.45) is 0. The van der Waals surface area contributed by atoms with Gasteiger partial charge in [-0.15, -0.1) is 0 Å². The molecule has 100 valence electrons. The number of hydrogen-bond acceptors (Lipinski definition) is 3. The molecule has 0 aliphatic heterocycles. The van der Waals surface area contributed by atoms with Crippen molar-refractivity contribution >= 4 is 15.9 Å². The minimum atomic E-state index is -3.52. The van der Waals surface area contributed by atoms with Crippen LogP contribution in [0.1, 0.15) is 31.1 Å². The van der Waals surface area contributed by atoms with E-state index in [9.17, 15) is 13.2 Å². The molecule has 1 aromatic carbocycles. The summed E-state index contributed by atoms with van der Waals surface area (Å²) in [4.78, 5) is 11.9. The smallest absolute Gasteiger partial charge is 0.251 e. The van der Waals surface area contributed by atoms with Crippen LogP contribution in [0.25, 0.3) is 0 Å². The summed E-state index contributed by atoms with van der Waals surface area (Å²) < 4.78 is 26.0. The van der Waals surface area contributed by atoms with Crippen LogP contribution in [0.5, 0.6) is 0 Å². The molecule has 0 spiro atoms. The predicted octanol–water partition coefficient (Wildman–Crippen LogP) is 1.12. The van der Waals surface area contributed by atoms with Gasteiger partial charge in [-0.25, -0.2) is 13.1 Å². The van der Waals surface area contributed by atoms with Gasteiger partial charge < -0.3 is 5.32 Å². The van der Waals surface area contributed by atoms with E-state index < -0.39 is 10.0 Å². The van der Waals surface area contributed by atoms with E-state index in [4.69, 9.17) is 0 Å². The molecule has 0 unspecified atom stereocenters. The Balaban J connectivity index is 3.03. The van der Waals surface area contributed by atoms with Crippen LogP contribution in [-0.4, -0.2) is 26.9 Å². The van der Waals surface area contributed by atoms with Crippen molar-refractivity contribution in [3.8, 4) is 0 Å². The molecule has 0 bridgehead atoms. The molecule has 0 fully saturated rings. The number of hydrogen-bond donors (Lipinski definition) is 2. The fraction of sp³-hybridized carbons (Fsp3) is 0.417. The van der Waals surface area contributed by atoms with Crippen molar-refractivity contribution < 1.29 is 13.2 Å². The molecule has 1 amide bonds. The molecular formula is C12H18N2O3S. The van der Waals surface area contributed by atoms with Crippen LogP contribution in [0.15, 0.2) is 29.2 Å². The van der Waals surface area contributed by atoms with Crippen molar-refractivity contribution in [2.24, 2.45) is 0 Å².